The smallest absolute Gasteiger partial charge is 0.326 e. The molecule has 0 saturated heterocycles. The standard InChI is InChI=1S/C12H20N4O4/c1-8(2)20-4-3-14-12(19)16-10(11(17)18)5-9-6-13-7-15-9/h6-8,10H,3-5H2,1-2H3,(H,13,15)(H,17,18)(H2,14,16,19)/t10-/m0/s1. The number of aromatic amines is 1. The molecule has 1 rings (SSSR count). The molecule has 4 N–H and O–H groups in total. The molecule has 1 heterocycles. The summed E-state index contributed by atoms with van der Waals surface area (Å²) in [5.74, 6) is -1.10. The van der Waals surface area contributed by atoms with Gasteiger partial charge < -0.3 is 25.5 Å². The molecule has 0 unspecified atom stereocenters. The summed E-state index contributed by atoms with van der Waals surface area (Å²) in [5.41, 5.74) is 0.640. The Balaban J connectivity index is 2.34. The number of hydrogen-bond donors (Lipinski definition) is 4. The zero-order chi connectivity index (χ0) is 15.0. The van der Waals surface area contributed by atoms with E-state index in [9.17, 15) is 9.59 Å². The third kappa shape index (κ3) is 6.19. The Kier molecular flexibility index (Phi) is 6.51. The molecule has 20 heavy (non-hydrogen) atoms. The Morgan fingerprint density at radius 1 is 1.50 bits per heavy atom. The van der Waals surface area contributed by atoms with E-state index < -0.39 is 18.0 Å². The molecule has 1 aromatic rings. The summed E-state index contributed by atoms with van der Waals surface area (Å²) in [7, 11) is 0. The van der Waals surface area contributed by atoms with E-state index in [2.05, 4.69) is 20.6 Å². The van der Waals surface area contributed by atoms with Gasteiger partial charge in [0.1, 0.15) is 6.04 Å². The number of nitrogens with one attached hydrogen (secondary N) is 3. The Labute approximate surface area is 116 Å². The van der Waals surface area contributed by atoms with Crippen LogP contribution in [-0.2, 0) is 16.0 Å². The number of carboxylic acids is 1. The van der Waals surface area contributed by atoms with Crippen LogP contribution in [0.2, 0.25) is 0 Å². The number of imidazole rings is 1. The first-order valence-electron chi connectivity index (χ1n) is 6.35. The van der Waals surface area contributed by atoms with E-state index in [1.165, 1.54) is 12.5 Å². The first-order chi connectivity index (χ1) is 9.49. The molecule has 8 nitrogen and oxygen atoms in total. The number of amides is 2. The average Bonchev–Trinajstić information content (AvgIpc) is 2.86. The minimum Gasteiger partial charge on any atom is -0.480 e. The van der Waals surface area contributed by atoms with Crippen LogP contribution in [0.25, 0.3) is 0 Å². The van der Waals surface area contributed by atoms with Crippen molar-refractivity contribution >= 4 is 12.0 Å². The normalized spacial score (nSPS) is 12.2. The summed E-state index contributed by atoms with van der Waals surface area (Å²) in [6.07, 6.45) is 3.21. The molecular formula is C12H20N4O4. The van der Waals surface area contributed by atoms with Crippen LogP contribution in [0.4, 0.5) is 4.79 Å². The second kappa shape index (κ2) is 8.16. The van der Waals surface area contributed by atoms with E-state index in [0.29, 0.717) is 18.8 Å². The molecular weight excluding hydrogens is 264 g/mol. The van der Waals surface area contributed by atoms with Crippen molar-refractivity contribution in [3.63, 3.8) is 0 Å². The van der Waals surface area contributed by atoms with Gasteiger partial charge in [0.25, 0.3) is 0 Å². The van der Waals surface area contributed by atoms with Crippen LogP contribution in [0.1, 0.15) is 19.5 Å². The summed E-state index contributed by atoms with van der Waals surface area (Å²) < 4.78 is 5.26. The Morgan fingerprint density at radius 3 is 2.80 bits per heavy atom. The van der Waals surface area contributed by atoms with Gasteiger partial charge in [0.15, 0.2) is 0 Å². The minimum atomic E-state index is -1.10. The fourth-order valence-corrected chi connectivity index (χ4v) is 1.48. The second-order valence-corrected chi connectivity index (χ2v) is 4.49. The first kappa shape index (κ1) is 16.0. The zero-order valence-electron chi connectivity index (χ0n) is 11.5. The molecule has 8 heteroatoms. The molecule has 0 aliphatic heterocycles. The van der Waals surface area contributed by atoms with E-state index >= 15 is 0 Å². The van der Waals surface area contributed by atoms with E-state index in [1.54, 1.807) is 0 Å². The lowest BCUT2D eigenvalue weighted by molar-refractivity contribution is -0.139. The van der Waals surface area contributed by atoms with Crippen molar-refractivity contribution in [1.82, 2.24) is 20.6 Å². The predicted molar refractivity (Wildman–Crippen MR) is 71.3 cm³/mol. The van der Waals surface area contributed by atoms with Gasteiger partial charge in [-0.2, -0.15) is 0 Å². The van der Waals surface area contributed by atoms with Crippen LogP contribution in [-0.4, -0.2) is 52.4 Å². The topological polar surface area (TPSA) is 116 Å². The van der Waals surface area contributed by atoms with Gasteiger partial charge >= 0.3 is 12.0 Å². The molecule has 1 atom stereocenters. The van der Waals surface area contributed by atoms with Crippen LogP contribution in [0, 0.1) is 0 Å². The Hall–Kier alpha value is -2.09. The molecule has 0 aliphatic rings. The lowest BCUT2D eigenvalue weighted by Gasteiger charge is -2.14. The van der Waals surface area contributed by atoms with Crippen molar-refractivity contribution in [3.05, 3.63) is 18.2 Å². The van der Waals surface area contributed by atoms with E-state index in [1.807, 2.05) is 13.8 Å². The van der Waals surface area contributed by atoms with Crippen molar-refractivity contribution in [2.45, 2.75) is 32.4 Å². The van der Waals surface area contributed by atoms with Crippen molar-refractivity contribution in [1.29, 1.82) is 0 Å². The fraction of sp³-hybridized carbons (Fsp3) is 0.583. The maximum Gasteiger partial charge on any atom is 0.326 e. The van der Waals surface area contributed by atoms with E-state index in [4.69, 9.17) is 9.84 Å². The van der Waals surface area contributed by atoms with Gasteiger partial charge in [-0.25, -0.2) is 14.6 Å². The number of carboxylic acid groups (broad SMARTS) is 1. The highest BCUT2D eigenvalue weighted by molar-refractivity contribution is 5.82. The van der Waals surface area contributed by atoms with Gasteiger partial charge in [0, 0.05) is 24.9 Å². The van der Waals surface area contributed by atoms with Crippen LogP contribution in [0.15, 0.2) is 12.5 Å². The molecule has 0 spiro atoms. The van der Waals surface area contributed by atoms with Crippen molar-refractivity contribution in [3.8, 4) is 0 Å². The number of aliphatic carboxylic acids is 1. The summed E-state index contributed by atoms with van der Waals surface area (Å²) >= 11 is 0. The van der Waals surface area contributed by atoms with Crippen molar-refractivity contribution in [2.24, 2.45) is 0 Å². The molecule has 0 fully saturated rings. The third-order valence-corrected chi connectivity index (χ3v) is 2.42. The fourth-order valence-electron chi connectivity index (χ4n) is 1.48. The number of rotatable bonds is 8. The van der Waals surface area contributed by atoms with Crippen LogP contribution in [0.5, 0.6) is 0 Å². The SMILES string of the molecule is CC(C)OCCNC(=O)N[C@@H](Cc1cnc[nH]1)C(=O)O. The molecule has 0 aliphatic carbocycles. The van der Waals surface area contributed by atoms with Gasteiger partial charge in [0.2, 0.25) is 0 Å². The first-order valence-corrected chi connectivity index (χ1v) is 6.35. The lowest BCUT2D eigenvalue weighted by atomic mass is 10.2. The highest BCUT2D eigenvalue weighted by atomic mass is 16.5. The Morgan fingerprint density at radius 2 is 2.25 bits per heavy atom. The summed E-state index contributed by atoms with van der Waals surface area (Å²) in [6, 6.07) is -1.55. The molecule has 0 aromatic carbocycles. The molecule has 1 aromatic heterocycles. The van der Waals surface area contributed by atoms with Crippen LogP contribution in [0.3, 0.4) is 0 Å². The quantitative estimate of drug-likeness (QED) is 0.506. The number of H-pyrrole nitrogens is 1. The number of carbonyl (C=O) groups excluding carboxylic acids is 1. The van der Waals surface area contributed by atoms with E-state index in [-0.39, 0.29) is 12.5 Å². The second-order valence-electron chi connectivity index (χ2n) is 4.49. The number of carbonyl (C=O) groups is 2. The molecule has 112 valence electrons. The molecule has 2 amide bonds. The van der Waals surface area contributed by atoms with Gasteiger partial charge in [-0.05, 0) is 13.8 Å². The largest absolute Gasteiger partial charge is 0.480 e. The molecule has 0 saturated carbocycles. The van der Waals surface area contributed by atoms with Gasteiger partial charge in [-0.3, -0.25) is 0 Å². The maximum atomic E-state index is 11.6. The van der Waals surface area contributed by atoms with Crippen molar-refractivity contribution in [2.75, 3.05) is 13.2 Å². The maximum absolute atomic E-state index is 11.6. The predicted octanol–water partition coefficient (Wildman–Crippen LogP) is 0.130. The van der Waals surface area contributed by atoms with Crippen LogP contribution < -0.4 is 10.6 Å². The van der Waals surface area contributed by atoms with Crippen LogP contribution >= 0.6 is 0 Å². The number of urea groups is 1. The third-order valence-electron chi connectivity index (χ3n) is 2.42. The summed E-state index contributed by atoms with van der Waals surface area (Å²) in [6.45, 7) is 4.49. The molecule has 0 radical (unpaired) electrons. The minimum absolute atomic E-state index is 0.0898. The summed E-state index contributed by atoms with van der Waals surface area (Å²) in [5, 5.41) is 14.0. The van der Waals surface area contributed by atoms with Gasteiger partial charge in [0.05, 0.1) is 19.0 Å². The summed E-state index contributed by atoms with van der Waals surface area (Å²) in [4.78, 5) is 29.2. The number of ether oxygens (including phenoxy) is 1. The number of aromatic nitrogens is 2. The van der Waals surface area contributed by atoms with Gasteiger partial charge in [-0.1, -0.05) is 0 Å². The monoisotopic (exact) mass is 284 g/mol. The zero-order valence-corrected chi connectivity index (χ0v) is 11.5. The van der Waals surface area contributed by atoms with Gasteiger partial charge in [-0.15, -0.1) is 0 Å². The number of hydrogen-bond acceptors (Lipinski definition) is 4. The van der Waals surface area contributed by atoms with Crippen molar-refractivity contribution < 1.29 is 19.4 Å². The highest BCUT2D eigenvalue weighted by Crippen LogP contribution is 1.98. The molecule has 0 bridgehead atoms. The highest BCUT2D eigenvalue weighted by Gasteiger charge is 2.20. The Bertz CT molecular complexity index is 419. The lowest BCUT2D eigenvalue weighted by Crippen LogP contribution is -2.47. The average molecular weight is 284 g/mol. The number of nitrogens with zero attached hydrogens (tertiary/aromatic N) is 1. The van der Waals surface area contributed by atoms with E-state index in [0.717, 1.165) is 0 Å².